The van der Waals surface area contributed by atoms with Crippen molar-refractivity contribution in [3.05, 3.63) is 30.1 Å². The summed E-state index contributed by atoms with van der Waals surface area (Å²) in [5.74, 6) is 0. The van der Waals surface area contributed by atoms with Gasteiger partial charge in [0.25, 0.3) is 0 Å². The van der Waals surface area contributed by atoms with Crippen LogP contribution in [-0.4, -0.2) is 4.98 Å². The number of pyridine rings is 1. The molecular weight excluding hydrogens is 160 g/mol. The molecular formula is C11H12N2. The zero-order chi connectivity index (χ0) is 9.15. The lowest BCUT2D eigenvalue weighted by Gasteiger charge is -2.35. The zero-order valence-corrected chi connectivity index (χ0v) is 7.53. The van der Waals surface area contributed by atoms with E-state index in [1.54, 1.807) is 12.4 Å². The molecule has 1 aromatic rings. The van der Waals surface area contributed by atoms with Gasteiger partial charge in [0.15, 0.2) is 0 Å². The van der Waals surface area contributed by atoms with Gasteiger partial charge in [-0.05, 0) is 37.0 Å². The lowest BCUT2D eigenvalue weighted by Crippen LogP contribution is -2.29. The maximum Gasteiger partial charge on any atom is 0.0693 e. The van der Waals surface area contributed by atoms with Gasteiger partial charge in [0, 0.05) is 12.4 Å². The van der Waals surface area contributed by atoms with E-state index in [0.717, 1.165) is 19.3 Å². The first kappa shape index (κ1) is 8.25. The molecule has 0 unspecified atom stereocenters. The summed E-state index contributed by atoms with van der Waals surface area (Å²) in [6, 6.07) is 6.44. The third-order valence-corrected chi connectivity index (χ3v) is 2.84. The van der Waals surface area contributed by atoms with Gasteiger partial charge in [-0.1, -0.05) is 6.42 Å². The first-order valence-electron chi connectivity index (χ1n) is 4.65. The molecule has 0 amide bonds. The number of hydrogen-bond acceptors (Lipinski definition) is 2. The Morgan fingerprint density at radius 2 is 2.08 bits per heavy atom. The highest BCUT2D eigenvalue weighted by atomic mass is 14.6. The predicted molar refractivity (Wildman–Crippen MR) is 49.8 cm³/mol. The van der Waals surface area contributed by atoms with Crippen molar-refractivity contribution >= 4 is 0 Å². The molecule has 0 spiro atoms. The average molecular weight is 172 g/mol. The van der Waals surface area contributed by atoms with E-state index in [1.807, 2.05) is 12.1 Å². The molecule has 0 aliphatic heterocycles. The van der Waals surface area contributed by atoms with Gasteiger partial charge in [-0.3, -0.25) is 4.98 Å². The molecule has 0 saturated heterocycles. The summed E-state index contributed by atoms with van der Waals surface area (Å²) in [5, 5.41) is 9.03. The molecule has 0 atom stereocenters. The minimum Gasteiger partial charge on any atom is -0.265 e. The summed E-state index contributed by atoms with van der Waals surface area (Å²) in [5.41, 5.74) is 1.18. The minimum atomic E-state index is -0.0542. The van der Waals surface area contributed by atoms with E-state index in [2.05, 4.69) is 11.1 Å². The molecule has 13 heavy (non-hydrogen) atoms. The van der Waals surface area contributed by atoms with Crippen LogP contribution in [0.15, 0.2) is 24.5 Å². The van der Waals surface area contributed by atoms with Crippen LogP contribution in [0.5, 0.6) is 0 Å². The Kier molecular flexibility index (Phi) is 2.02. The van der Waals surface area contributed by atoms with E-state index in [9.17, 15) is 0 Å². The SMILES string of the molecule is N#CC1(Cc2ccncc2)CCC1. The van der Waals surface area contributed by atoms with Crippen LogP contribution in [0.25, 0.3) is 0 Å². The van der Waals surface area contributed by atoms with Crippen molar-refractivity contribution in [2.24, 2.45) is 5.41 Å². The number of nitrogens with zero attached hydrogens (tertiary/aromatic N) is 2. The molecule has 1 saturated carbocycles. The molecule has 2 nitrogen and oxygen atoms in total. The summed E-state index contributed by atoms with van der Waals surface area (Å²) in [6.07, 6.45) is 7.81. The molecule has 0 bridgehead atoms. The van der Waals surface area contributed by atoms with Gasteiger partial charge in [-0.2, -0.15) is 5.26 Å². The second-order valence-electron chi connectivity index (χ2n) is 3.78. The Bertz CT molecular complexity index is 320. The zero-order valence-electron chi connectivity index (χ0n) is 7.53. The van der Waals surface area contributed by atoms with Crippen LogP contribution in [0.1, 0.15) is 24.8 Å². The van der Waals surface area contributed by atoms with Crippen molar-refractivity contribution in [1.82, 2.24) is 4.98 Å². The lowest BCUT2D eigenvalue weighted by atomic mass is 9.66. The smallest absolute Gasteiger partial charge is 0.0693 e. The molecule has 1 aliphatic rings. The van der Waals surface area contributed by atoms with Crippen LogP contribution in [0.2, 0.25) is 0 Å². The van der Waals surface area contributed by atoms with Crippen molar-refractivity contribution in [2.75, 3.05) is 0 Å². The van der Waals surface area contributed by atoms with Gasteiger partial charge in [0.1, 0.15) is 0 Å². The Labute approximate surface area is 78.2 Å². The van der Waals surface area contributed by atoms with Crippen molar-refractivity contribution in [1.29, 1.82) is 5.26 Å². The molecule has 2 rings (SSSR count). The Balaban J connectivity index is 2.10. The Morgan fingerprint density at radius 1 is 1.38 bits per heavy atom. The molecule has 1 aromatic heterocycles. The maximum atomic E-state index is 9.03. The van der Waals surface area contributed by atoms with Crippen molar-refractivity contribution in [2.45, 2.75) is 25.7 Å². The van der Waals surface area contributed by atoms with Gasteiger partial charge in [0.2, 0.25) is 0 Å². The number of hydrogen-bond donors (Lipinski definition) is 0. The molecule has 1 fully saturated rings. The van der Waals surface area contributed by atoms with Crippen LogP contribution >= 0.6 is 0 Å². The number of nitriles is 1. The molecule has 0 radical (unpaired) electrons. The first-order chi connectivity index (χ1) is 6.35. The van der Waals surface area contributed by atoms with Crippen LogP contribution in [-0.2, 0) is 6.42 Å². The van der Waals surface area contributed by atoms with Crippen molar-refractivity contribution in [3.8, 4) is 6.07 Å². The van der Waals surface area contributed by atoms with Gasteiger partial charge in [-0.25, -0.2) is 0 Å². The first-order valence-corrected chi connectivity index (χ1v) is 4.65. The Morgan fingerprint density at radius 3 is 2.54 bits per heavy atom. The molecule has 0 aromatic carbocycles. The van der Waals surface area contributed by atoms with E-state index >= 15 is 0 Å². The minimum absolute atomic E-state index is 0.0542. The van der Waals surface area contributed by atoms with Gasteiger partial charge < -0.3 is 0 Å². The monoisotopic (exact) mass is 172 g/mol. The fraction of sp³-hybridized carbons (Fsp3) is 0.455. The van der Waals surface area contributed by atoms with Crippen LogP contribution < -0.4 is 0 Å². The van der Waals surface area contributed by atoms with Gasteiger partial charge in [-0.15, -0.1) is 0 Å². The summed E-state index contributed by atoms with van der Waals surface area (Å²) in [6.45, 7) is 0. The number of aromatic nitrogens is 1. The lowest BCUT2D eigenvalue weighted by molar-refractivity contribution is 0.214. The maximum absolute atomic E-state index is 9.03. The van der Waals surface area contributed by atoms with Crippen LogP contribution in [0, 0.1) is 16.7 Å². The molecule has 0 N–H and O–H groups in total. The fourth-order valence-electron chi connectivity index (χ4n) is 1.82. The van der Waals surface area contributed by atoms with Crippen LogP contribution in [0.4, 0.5) is 0 Å². The topological polar surface area (TPSA) is 36.7 Å². The number of rotatable bonds is 2. The fourth-order valence-corrected chi connectivity index (χ4v) is 1.82. The molecule has 1 heterocycles. The van der Waals surface area contributed by atoms with Crippen molar-refractivity contribution < 1.29 is 0 Å². The highest BCUT2D eigenvalue weighted by molar-refractivity contribution is 5.18. The third-order valence-electron chi connectivity index (χ3n) is 2.84. The largest absolute Gasteiger partial charge is 0.265 e. The highest BCUT2D eigenvalue weighted by Crippen LogP contribution is 2.42. The van der Waals surface area contributed by atoms with Gasteiger partial charge >= 0.3 is 0 Å². The van der Waals surface area contributed by atoms with E-state index in [1.165, 1.54) is 12.0 Å². The second-order valence-corrected chi connectivity index (χ2v) is 3.78. The van der Waals surface area contributed by atoms with E-state index in [-0.39, 0.29) is 5.41 Å². The normalized spacial score (nSPS) is 18.7. The second kappa shape index (κ2) is 3.18. The van der Waals surface area contributed by atoms with E-state index in [4.69, 9.17) is 5.26 Å². The quantitative estimate of drug-likeness (QED) is 0.686. The molecule has 1 aliphatic carbocycles. The molecule has 2 heteroatoms. The summed E-state index contributed by atoms with van der Waals surface area (Å²) in [4.78, 5) is 3.96. The molecule has 66 valence electrons. The summed E-state index contributed by atoms with van der Waals surface area (Å²) < 4.78 is 0. The third kappa shape index (κ3) is 1.55. The van der Waals surface area contributed by atoms with Gasteiger partial charge in [0.05, 0.1) is 11.5 Å². The highest BCUT2D eigenvalue weighted by Gasteiger charge is 2.36. The standard InChI is InChI=1S/C11H12N2/c12-9-11(4-1-5-11)8-10-2-6-13-7-3-10/h2-3,6-7H,1,4-5,8H2. The summed E-state index contributed by atoms with van der Waals surface area (Å²) in [7, 11) is 0. The van der Waals surface area contributed by atoms with E-state index in [0.29, 0.717) is 0 Å². The predicted octanol–water partition coefficient (Wildman–Crippen LogP) is 2.32. The van der Waals surface area contributed by atoms with E-state index < -0.39 is 0 Å². The van der Waals surface area contributed by atoms with Crippen molar-refractivity contribution in [3.63, 3.8) is 0 Å². The Hall–Kier alpha value is -1.36. The average Bonchev–Trinajstić information content (AvgIpc) is 2.13. The van der Waals surface area contributed by atoms with Crippen LogP contribution in [0.3, 0.4) is 0 Å². The summed E-state index contributed by atoms with van der Waals surface area (Å²) >= 11 is 0.